The van der Waals surface area contributed by atoms with Crippen LogP contribution in [0.3, 0.4) is 0 Å². The van der Waals surface area contributed by atoms with Crippen LogP contribution in [0.15, 0.2) is 130 Å². The Morgan fingerprint density at radius 1 is 0.365 bits per heavy atom. The van der Waals surface area contributed by atoms with Crippen LogP contribution in [0.25, 0.3) is 42.3 Å². The second-order valence-corrected chi connectivity index (χ2v) is 30.8. The summed E-state index contributed by atoms with van der Waals surface area (Å²) in [5.41, 5.74) is 29.3. The Hall–Kier alpha value is -8.38. The van der Waals surface area contributed by atoms with E-state index in [1.165, 1.54) is 98.9 Å². The Labute approximate surface area is 625 Å². The number of alkyl halides is 6. The zero-order valence-corrected chi connectivity index (χ0v) is 63.3. The molecule has 0 aliphatic rings. The number of benzene rings is 4. The molecule has 0 bridgehead atoms. The van der Waals surface area contributed by atoms with Gasteiger partial charge in [0, 0.05) is 112 Å². The number of thiazole rings is 4. The first-order valence-corrected chi connectivity index (χ1v) is 38.7. The molecule has 8 aromatic heterocycles. The Morgan fingerprint density at radius 3 is 1.03 bits per heavy atom. The molecule has 0 amide bonds. The molecule has 0 unspecified atom stereocenters. The van der Waals surface area contributed by atoms with Crippen molar-refractivity contribution >= 4 is 116 Å². The van der Waals surface area contributed by atoms with Crippen LogP contribution in [0.1, 0.15) is 103 Å². The van der Waals surface area contributed by atoms with Crippen LogP contribution in [-0.2, 0) is 54.6 Å². The molecular weight excluding hydrogens is 1510 g/mol. The number of halogens is 10. The van der Waals surface area contributed by atoms with Gasteiger partial charge in [-0.05, 0) is 115 Å². The summed E-state index contributed by atoms with van der Waals surface area (Å²) in [6, 6.07) is 24.8. The van der Waals surface area contributed by atoms with Gasteiger partial charge in [-0.3, -0.25) is 0 Å². The van der Waals surface area contributed by atoms with Crippen LogP contribution in [0, 0.1) is 57.9 Å². The van der Waals surface area contributed by atoms with E-state index in [1.54, 1.807) is 59.1 Å². The van der Waals surface area contributed by atoms with Gasteiger partial charge in [0.15, 0.2) is 20.6 Å². The highest BCUT2D eigenvalue weighted by Crippen LogP contribution is 2.40. The van der Waals surface area contributed by atoms with Gasteiger partial charge in [0.05, 0.1) is 33.9 Å². The van der Waals surface area contributed by atoms with Crippen molar-refractivity contribution in [2.45, 2.75) is 137 Å². The number of nitrogens with two attached hydrogens (primary N) is 4. The molecule has 16 nitrogen and oxygen atoms in total. The fourth-order valence-corrected chi connectivity index (χ4v) is 17.7. The predicted molar refractivity (Wildman–Crippen MR) is 400 cm³/mol. The minimum Gasteiger partial charge on any atom is -0.384 e. The summed E-state index contributed by atoms with van der Waals surface area (Å²) in [7, 11) is 0. The second-order valence-electron chi connectivity index (χ2n) is 22.6. The van der Waals surface area contributed by atoms with Gasteiger partial charge in [-0.15, -0.1) is 45.3 Å². The van der Waals surface area contributed by atoms with E-state index in [4.69, 9.17) is 27.9 Å². The highest BCUT2D eigenvalue weighted by atomic mass is 32.2. The molecule has 0 spiro atoms. The maximum atomic E-state index is 14.4. The third kappa shape index (κ3) is 22.6. The minimum atomic E-state index is -4.59. The molecule has 0 atom stereocenters. The molecule has 0 saturated heterocycles. The molecule has 544 valence electrons. The van der Waals surface area contributed by atoms with Crippen LogP contribution in [0.2, 0.25) is 0 Å². The maximum Gasteiger partial charge on any atom is 0.416 e. The Morgan fingerprint density at radius 2 is 0.692 bits per heavy atom. The molecule has 12 rings (SSSR count). The van der Waals surface area contributed by atoms with E-state index in [1.807, 2.05) is 60.6 Å². The third-order valence-corrected chi connectivity index (χ3v) is 22.6. The number of aromatic nitrogens is 12. The van der Waals surface area contributed by atoms with Crippen molar-refractivity contribution in [3.05, 3.63) is 209 Å². The molecule has 34 heteroatoms. The number of hydrogen-bond acceptors (Lipinski definition) is 24. The normalized spacial score (nSPS) is 11.4. The van der Waals surface area contributed by atoms with Gasteiger partial charge in [0.2, 0.25) is 0 Å². The van der Waals surface area contributed by atoms with Crippen LogP contribution in [0.4, 0.5) is 67.2 Å². The van der Waals surface area contributed by atoms with Crippen LogP contribution >= 0.6 is 92.4 Å². The van der Waals surface area contributed by atoms with E-state index in [0.29, 0.717) is 95.5 Å². The number of thioether (sulfide) groups is 4. The number of aryl methyl sites for hydroxylation is 8. The molecule has 0 aliphatic heterocycles. The fourth-order valence-electron chi connectivity index (χ4n) is 9.52. The fraction of sp³-hybridized carbons (Fsp3) is 0.257. The highest BCUT2D eigenvalue weighted by molar-refractivity contribution is 7.99. The van der Waals surface area contributed by atoms with Crippen molar-refractivity contribution in [2.75, 3.05) is 22.9 Å². The largest absolute Gasteiger partial charge is 0.416 e. The molecular formula is C70H66F10N16S8. The lowest BCUT2D eigenvalue weighted by atomic mass is 10.1. The summed E-state index contributed by atoms with van der Waals surface area (Å²) in [4.78, 5) is 56.6. The molecule has 4 aromatic carbocycles. The van der Waals surface area contributed by atoms with E-state index in [-0.39, 0.29) is 22.8 Å². The van der Waals surface area contributed by atoms with Crippen LogP contribution in [0.5, 0.6) is 0 Å². The van der Waals surface area contributed by atoms with Gasteiger partial charge in [0.1, 0.15) is 66.6 Å². The number of anilines is 4. The first kappa shape index (κ1) is 79.7. The topological polar surface area (TPSA) is 259 Å². The number of nitrogen functional groups attached to an aromatic ring is 4. The molecule has 8 N–H and O–H groups in total. The van der Waals surface area contributed by atoms with E-state index in [2.05, 4.69) is 61.7 Å². The molecule has 12 aromatic rings. The molecule has 0 fully saturated rings. The summed E-state index contributed by atoms with van der Waals surface area (Å²) >= 11 is 11.4. The Kier molecular flexibility index (Phi) is 27.7. The third-order valence-electron chi connectivity index (χ3n) is 14.3. The summed E-state index contributed by atoms with van der Waals surface area (Å²) in [6.07, 6.45) is -6.01. The highest BCUT2D eigenvalue weighted by Gasteiger charge is 2.33. The van der Waals surface area contributed by atoms with E-state index in [0.717, 1.165) is 125 Å². The van der Waals surface area contributed by atoms with Crippen molar-refractivity contribution in [3.8, 4) is 42.3 Å². The second kappa shape index (κ2) is 36.1. The number of rotatable bonds is 20. The molecule has 0 saturated carbocycles. The predicted octanol–water partition coefficient (Wildman–Crippen LogP) is 20.1. The summed E-state index contributed by atoms with van der Waals surface area (Å²) in [5, 5.41) is 4.68. The van der Waals surface area contributed by atoms with Gasteiger partial charge in [0.25, 0.3) is 0 Å². The van der Waals surface area contributed by atoms with Crippen molar-refractivity contribution in [2.24, 2.45) is 0 Å². The molecule has 8 heterocycles. The lowest BCUT2D eigenvalue weighted by molar-refractivity contribution is -0.138. The summed E-state index contributed by atoms with van der Waals surface area (Å²) in [6.45, 7) is 15.5. The molecule has 0 radical (unpaired) electrons. The Bertz CT molecular complexity index is 4870. The maximum absolute atomic E-state index is 14.4. The summed E-state index contributed by atoms with van der Waals surface area (Å²) < 4.78 is 132. The van der Waals surface area contributed by atoms with Gasteiger partial charge in [-0.2, -0.15) is 26.3 Å². The lowest BCUT2D eigenvalue weighted by Gasteiger charge is -2.07. The zero-order valence-electron chi connectivity index (χ0n) is 56.8. The standard InChI is InChI=1S/C19H18F4N4S2.C18H16F4N4S2.C17H17FN4S2.C16H15FN4S2/c1-3-4-15-14(9-28-18-25-10(2)7-16(24)27-18)26-17(29-15)12-6-5-11(8-13(12)20)19(21,22)23;1-3-14-13(8-27-17-24-9(2)6-15(23)26-17)25-16(28-14)11-5-4-10(7-12(11)19)18(20,21)22;1-3-14-13(9-23-17-20-10(2)7-15(19)22-17)21-16(24-14)11-5-4-6-12(18)8-11;1-9-6-14(18)21-16(19-9)22-8-13-10(2)23-15(20-13)11-4-3-5-12(17)7-11/h5-8H,3-4,9H2,1-2H3,(H2,24,25,27);4-7H,3,8H2,1-2H3,(H2,23,24,26);4-8H,3,9H2,1-2H3,(H2,19,20,22);3-7H,8H2,1-2H3,(H2,18,19,21). The van der Waals surface area contributed by atoms with E-state index in [9.17, 15) is 43.9 Å². The SMILES string of the molecule is CCCc1sc(-c2ccc(C(F)(F)F)cc2F)nc1CSc1nc(C)cc(N)n1.CCc1sc(-c2ccc(C(F)(F)F)cc2F)nc1CSc1nc(C)cc(N)n1.CCc1sc(-c2cccc(F)c2)nc1CSc1nc(C)cc(N)n1.Cc1cc(N)nc(SCc2nc(-c3cccc(F)c3)sc2C)n1. The molecule has 0 aliphatic carbocycles. The van der Waals surface area contributed by atoms with Crippen LogP contribution in [-0.4, -0.2) is 59.8 Å². The zero-order chi connectivity index (χ0) is 75.2. The Balaban J connectivity index is 0.000000161. The van der Waals surface area contributed by atoms with Crippen LogP contribution < -0.4 is 22.9 Å². The van der Waals surface area contributed by atoms with Gasteiger partial charge < -0.3 is 22.9 Å². The van der Waals surface area contributed by atoms with Crippen molar-refractivity contribution < 1.29 is 43.9 Å². The van der Waals surface area contributed by atoms with Gasteiger partial charge in [-0.25, -0.2) is 77.4 Å². The first-order chi connectivity index (χ1) is 49.4. The quantitative estimate of drug-likeness (QED) is 0.0314. The van der Waals surface area contributed by atoms with Crippen molar-refractivity contribution in [1.29, 1.82) is 0 Å². The monoisotopic (exact) mass is 1580 g/mol. The average Bonchev–Trinajstić information content (AvgIpc) is 1.48. The average molecular weight is 1580 g/mol. The lowest BCUT2D eigenvalue weighted by Crippen LogP contribution is -2.05. The first-order valence-electron chi connectivity index (χ1n) is 31.5. The smallest absolute Gasteiger partial charge is 0.384 e. The number of nitrogens with zero attached hydrogens (tertiary/aromatic N) is 12. The van der Waals surface area contributed by atoms with Gasteiger partial charge in [-0.1, -0.05) is 98.5 Å². The summed E-state index contributed by atoms with van der Waals surface area (Å²) in [5.74, 6) is 1.52. The van der Waals surface area contributed by atoms with E-state index < -0.39 is 35.1 Å². The van der Waals surface area contributed by atoms with Crippen molar-refractivity contribution in [1.82, 2.24) is 59.8 Å². The minimum absolute atomic E-state index is 0.0556. The molecule has 104 heavy (non-hydrogen) atoms. The number of hydrogen-bond donors (Lipinski definition) is 4. The van der Waals surface area contributed by atoms with Gasteiger partial charge >= 0.3 is 12.4 Å². The van der Waals surface area contributed by atoms with E-state index >= 15 is 0 Å². The van der Waals surface area contributed by atoms with Crippen molar-refractivity contribution in [3.63, 3.8) is 0 Å².